The molecule has 2 N–H and O–H groups in total. The largest absolute Gasteiger partial charge is 0.354 e. The summed E-state index contributed by atoms with van der Waals surface area (Å²) in [6.45, 7) is 0. The molecule has 0 amide bonds. The molecule has 2 aromatic heterocycles. The Morgan fingerprint density at radius 3 is 2.71 bits per heavy atom. The molecule has 3 nitrogen and oxygen atoms in total. The van der Waals surface area contributed by atoms with Crippen LogP contribution in [0.1, 0.15) is 0 Å². The molecule has 0 bridgehead atoms. The fourth-order valence-corrected chi connectivity index (χ4v) is 1.97. The van der Waals surface area contributed by atoms with Crippen molar-refractivity contribution in [1.29, 1.82) is 0 Å². The molecule has 0 radical (unpaired) electrons. The molecule has 0 unspecified atom stereocenters. The van der Waals surface area contributed by atoms with Crippen LogP contribution < -0.4 is 5.32 Å². The van der Waals surface area contributed by atoms with E-state index in [9.17, 15) is 0 Å². The lowest BCUT2D eigenvalue weighted by atomic mass is 10.3. The molecule has 0 saturated heterocycles. The van der Waals surface area contributed by atoms with E-state index < -0.39 is 0 Å². The highest BCUT2D eigenvalue weighted by atomic mass is 79.9. The standard InChI is InChI=1S/C13H10BrN3/c14-10-1-3-11(4-2-10)17-12-7-9-5-6-15-13(9)16-8-12/h1-8,17H,(H,15,16). The van der Waals surface area contributed by atoms with Gasteiger partial charge in [-0.2, -0.15) is 0 Å². The number of nitrogens with one attached hydrogen (secondary N) is 2. The first-order valence-electron chi connectivity index (χ1n) is 5.27. The molecule has 0 saturated carbocycles. The van der Waals surface area contributed by atoms with E-state index in [0.29, 0.717) is 0 Å². The SMILES string of the molecule is Brc1ccc(Nc2cnc3[nH]ccc3c2)cc1. The molecule has 2 heterocycles. The van der Waals surface area contributed by atoms with Gasteiger partial charge in [0.2, 0.25) is 0 Å². The third kappa shape index (κ3) is 2.17. The van der Waals surface area contributed by atoms with Gasteiger partial charge in [-0.05, 0) is 36.4 Å². The van der Waals surface area contributed by atoms with E-state index >= 15 is 0 Å². The van der Waals surface area contributed by atoms with Gasteiger partial charge in [0.25, 0.3) is 0 Å². The van der Waals surface area contributed by atoms with Crippen LogP contribution in [0.4, 0.5) is 11.4 Å². The molecule has 4 heteroatoms. The highest BCUT2D eigenvalue weighted by molar-refractivity contribution is 9.10. The molecule has 3 rings (SSSR count). The van der Waals surface area contributed by atoms with Crippen molar-refractivity contribution in [3.05, 3.63) is 53.3 Å². The number of nitrogens with zero attached hydrogens (tertiary/aromatic N) is 1. The first-order valence-corrected chi connectivity index (χ1v) is 6.06. The maximum absolute atomic E-state index is 4.33. The number of aromatic nitrogens is 2. The van der Waals surface area contributed by atoms with Crippen LogP contribution in [0.3, 0.4) is 0 Å². The first kappa shape index (κ1) is 10.4. The summed E-state index contributed by atoms with van der Waals surface area (Å²) >= 11 is 3.41. The number of aromatic amines is 1. The molecule has 3 aromatic rings. The number of rotatable bonds is 2. The van der Waals surface area contributed by atoms with Crippen LogP contribution in [0.25, 0.3) is 11.0 Å². The summed E-state index contributed by atoms with van der Waals surface area (Å²) in [7, 11) is 0. The fraction of sp³-hybridized carbons (Fsp3) is 0. The van der Waals surface area contributed by atoms with Gasteiger partial charge in [0.05, 0.1) is 11.9 Å². The molecular weight excluding hydrogens is 278 g/mol. The van der Waals surface area contributed by atoms with Gasteiger partial charge in [-0.25, -0.2) is 4.98 Å². The van der Waals surface area contributed by atoms with E-state index in [1.165, 1.54) is 0 Å². The summed E-state index contributed by atoms with van der Waals surface area (Å²) in [5.74, 6) is 0. The van der Waals surface area contributed by atoms with Crippen molar-refractivity contribution in [1.82, 2.24) is 9.97 Å². The topological polar surface area (TPSA) is 40.7 Å². The highest BCUT2D eigenvalue weighted by Crippen LogP contribution is 2.21. The zero-order valence-electron chi connectivity index (χ0n) is 8.94. The molecule has 0 aliphatic carbocycles. The average Bonchev–Trinajstić information content (AvgIpc) is 2.79. The van der Waals surface area contributed by atoms with Gasteiger partial charge >= 0.3 is 0 Å². The van der Waals surface area contributed by atoms with Crippen molar-refractivity contribution in [2.75, 3.05) is 5.32 Å². The maximum atomic E-state index is 4.33. The molecule has 0 fully saturated rings. The number of anilines is 2. The van der Waals surface area contributed by atoms with Crippen molar-refractivity contribution in [2.45, 2.75) is 0 Å². The quantitative estimate of drug-likeness (QED) is 0.746. The van der Waals surface area contributed by atoms with Gasteiger partial charge in [0.15, 0.2) is 0 Å². The smallest absolute Gasteiger partial charge is 0.137 e. The number of fused-ring (bicyclic) bond motifs is 1. The van der Waals surface area contributed by atoms with Gasteiger partial charge in [0.1, 0.15) is 5.65 Å². The van der Waals surface area contributed by atoms with Crippen molar-refractivity contribution in [2.24, 2.45) is 0 Å². The molecule has 0 atom stereocenters. The Labute approximate surface area is 107 Å². The summed E-state index contributed by atoms with van der Waals surface area (Å²) in [4.78, 5) is 7.40. The number of hydrogen-bond acceptors (Lipinski definition) is 2. The van der Waals surface area contributed by atoms with Crippen molar-refractivity contribution < 1.29 is 0 Å². The summed E-state index contributed by atoms with van der Waals surface area (Å²) in [5, 5.41) is 4.42. The Kier molecular flexibility index (Phi) is 2.57. The maximum Gasteiger partial charge on any atom is 0.137 e. The average molecular weight is 288 g/mol. The minimum Gasteiger partial charge on any atom is -0.354 e. The monoisotopic (exact) mass is 287 g/mol. The molecular formula is C13H10BrN3. The zero-order valence-corrected chi connectivity index (χ0v) is 10.5. The number of halogens is 1. The fourth-order valence-electron chi connectivity index (χ4n) is 1.71. The van der Waals surface area contributed by atoms with E-state index in [-0.39, 0.29) is 0 Å². The van der Waals surface area contributed by atoms with Crippen LogP contribution in [0.15, 0.2) is 53.3 Å². The summed E-state index contributed by atoms with van der Waals surface area (Å²) < 4.78 is 1.07. The molecule has 84 valence electrons. The lowest BCUT2D eigenvalue weighted by Gasteiger charge is -2.05. The van der Waals surface area contributed by atoms with Crippen LogP contribution >= 0.6 is 15.9 Å². The second-order valence-corrected chi connectivity index (χ2v) is 4.69. The summed E-state index contributed by atoms with van der Waals surface area (Å²) in [6.07, 6.45) is 3.71. The number of H-pyrrole nitrogens is 1. The summed E-state index contributed by atoms with van der Waals surface area (Å²) in [6, 6.07) is 12.1. The van der Waals surface area contributed by atoms with Crippen molar-refractivity contribution in [3.8, 4) is 0 Å². The Morgan fingerprint density at radius 1 is 1.06 bits per heavy atom. The Balaban J connectivity index is 1.91. The molecule has 0 aliphatic heterocycles. The zero-order chi connectivity index (χ0) is 11.7. The molecule has 0 aliphatic rings. The van der Waals surface area contributed by atoms with E-state index in [0.717, 1.165) is 26.9 Å². The lowest BCUT2D eigenvalue weighted by molar-refractivity contribution is 1.32. The third-order valence-electron chi connectivity index (χ3n) is 2.53. The second kappa shape index (κ2) is 4.22. The third-order valence-corrected chi connectivity index (χ3v) is 3.06. The molecule has 17 heavy (non-hydrogen) atoms. The minimum atomic E-state index is 0.909. The Morgan fingerprint density at radius 2 is 1.88 bits per heavy atom. The number of pyridine rings is 1. The normalized spacial score (nSPS) is 10.6. The van der Waals surface area contributed by atoms with Gasteiger partial charge in [-0.3, -0.25) is 0 Å². The Bertz CT molecular complexity index is 643. The lowest BCUT2D eigenvalue weighted by Crippen LogP contribution is -1.90. The molecule has 1 aromatic carbocycles. The number of benzene rings is 1. The van der Waals surface area contributed by atoms with Gasteiger partial charge in [0, 0.05) is 21.7 Å². The van der Waals surface area contributed by atoms with E-state index in [1.807, 2.05) is 42.7 Å². The second-order valence-electron chi connectivity index (χ2n) is 3.77. The van der Waals surface area contributed by atoms with Crippen LogP contribution in [0.2, 0.25) is 0 Å². The van der Waals surface area contributed by atoms with Crippen LogP contribution in [-0.2, 0) is 0 Å². The predicted molar refractivity (Wildman–Crippen MR) is 73.5 cm³/mol. The minimum absolute atomic E-state index is 0.909. The highest BCUT2D eigenvalue weighted by Gasteiger charge is 1.99. The van der Waals surface area contributed by atoms with E-state index in [4.69, 9.17) is 0 Å². The number of hydrogen-bond donors (Lipinski definition) is 2. The Hall–Kier alpha value is -1.81. The van der Waals surface area contributed by atoms with Crippen LogP contribution in [0.5, 0.6) is 0 Å². The van der Waals surface area contributed by atoms with Crippen LogP contribution in [-0.4, -0.2) is 9.97 Å². The van der Waals surface area contributed by atoms with Crippen LogP contribution in [0, 0.1) is 0 Å². The van der Waals surface area contributed by atoms with Gasteiger partial charge in [-0.15, -0.1) is 0 Å². The van der Waals surface area contributed by atoms with Gasteiger partial charge in [-0.1, -0.05) is 15.9 Å². The predicted octanol–water partition coefficient (Wildman–Crippen LogP) is 4.07. The van der Waals surface area contributed by atoms with Crippen molar-refractivity contribution in [3.63, 3.8) is 0 Å². The van der Waals surface area contributed by atoms with E-state index in [2.05, 4.69) is 37.3 Å². The van der Waals surface area contributed by atoms with Gasteiger partial charge < -0.3 is 10.3 Å². The molecule has 0 spiro atoms. The van der Waals surface area contributed by atoms with E-state index in [1.54, 1.807) is 0 Å². The summed E-state index contributed by atoms with van der Waals surface area (Å²) in [5.41, 5.74) is 2.94. The van der Waals surface area contributed by atoms with Crippen molar-refractivity contribution >= 4 is 38.3 Å². The first-order chi connectivity index (χ1) is 8.31.